The Labute approximate surface area is 108 Å². The van der Waals surface area contributed by atoms with Crippen LogP contribution in [0, 0.1) is 0 Å². The summed E-state index contributed by atoms with van der Waals surface area (Å²) < 4.78 is 8.72. The largest absolute Gasteiger partial charge is 0.417 e. The fourth-order valence-corrected chi connectivity index (χ4v) is 3.80. The topological polar surface area (TPSA) is 38.3 Å². The second kappa shape index (κ2) is 4.48. The molecular formula is C14H12NO2S+. The molecule has 0 aromatic heterocycles. The summed E-state index contributed by atoms with van der Waals surface area (Å²) in [5.74, 6) is 0.347. The molecule has 3 nitrogen and oxygen atoms in total. The first-order valence-electron chi connectivity index (χ1n) is 5.63. The van der Waals surface area contributed by atoms with Gasteiger partial charge >= 0.3 is 5.97 Å². The number of hydrogen-bond acceptors (Lipinski definition) is 3. The van der Waals surface area contributed by atoms with E-state index in [1.165, 1.54) is 0 Å². The molecule has 90 valence electrons. The molecule has 0 saturated heterocycles. The zero-order valence-corrected chi connectivity index (χ0v) is 10.7. The zero-order valence-electron chi connectivity index (χ0n) is 9.84. The van der Waals surface area contributed by atoms with Gasteiger partial charge in [0.25, 0.3) is 0 Å². The SMILES string of the molecule is CN[S+]1c2ccccc2OC(=O)c2ccccc21. The zero-order chi connectivity index (χ0) is 12.5. The van der Waals surface area contributed by atoms with Crippen molar-refractivity contribution in [1.82, 2.24) is 4.72 Å². The van der Waals surface area contributed by atoms with Gasteiger partial charge in [0.05, 0.1) is 0 Å². The van der Waals surface area contributed by atoms with Crippen molar-refractivity contribution in [2.75, 3.05) is 7.05 Å². The van der Waals surface area contributed by atoms with Crippen LogP contribution in [0.3, 0.4) is 0 Å². The molecular weight excluding hydrogens is 246 g/mol. The van der Waals surface area contributed by atoms with Crippen LogP contribution in [-0.4, -0.2) is 13.0 Å². The lowest BCUT2D eigenvalue weighted by molar-refractivity contribution is 0.0728. The van der Waals surface area contributed by atoms with E-state index in [2.05, 4.69) is 4.72 Å². The molecule has 1 aliphatic heterocycles. The van der Waals surface area contributed by atoms with Gasteiger partial charge in [-0.2, -0.15) is 0 Å². The van der Waals surface area contributed by atoms with Gasteiger partial charge in [-0.05, 0) is 24.3 Å². The minimum Gasteiger partial charge on any atom is -0.417 e. The first kappa shape index (κ1) is 11.3. The van der Waals surface area contributed by atoms with Crippen LogP contribution in [0.25, 0.3) is 0 Å². The maximum absolute atomic E-state index is 12.1. The highest BCUT2D eigenvalue weighted by atomic mass is 32.2. The number of carbonyl (C=O) groups excluding carboxylic acids is 1. The molecule has 2 aromatic carbocycles. The Bertz CT molecular complexity index is 612. The van der Waals surface area contributed by atoms with E-state index in [1.54, 1.807) is 6.07 Å². The number of carbonyl (C=O) groups is 1. The smallest absolute Gasteiger partial charge is 0.348 e. The lowest BCUT2D eigenvalue weighted by Crippen LogP contribution is -2.20. The Balaban J connectivity index is 2.26. The lowest BCUT2D eigenvalue weighted by Gasteiger charge is -2.05. The van der Waals surface area contributed by atoms with Crippen LogP contribution in [0.1, 0.15) is 10.4 Å². The second-order valence-corrected chi connectivity index (χ2v) is 5.74. The molecule has 0 fully saturated rings. The quantitative estimate of drug-likeness (QED) is 0.485. The second-order valence-electron chi connectivity index (χ2n) is 3.84. The van der Waals surface area contributed by atoms with E-state index >= 15 is 0 Å². The van der Waals surface area contributed by atoms with Gasteiger partial charge in [-0.15, -0.1) is 4.72 Å². The molecule has 0 radical (unpaired) electrons. The predicted molar refractivity (Wildman–Crippen MR) is 70.8 cm³/mol. The Kier molecular flexibility index (Phi) is 2.81. The highest BCUT2D eigenvalue weighted by Crippen LogP contribution is 2.34. The lowest BCUT2D eigenvalue weighted by atomic mass is 10.2. The number of para-hydroxylation sites is 1. The summed E-state index contributed by atoms with van der Waals surface area (Å²) in [4.78, 5) is 14.1. The predicted octanol–water partition coefficient (Wildman–Crippen LogP) is 2.39. The molecule has 0 aliphatic carbocycles. The number of ether oxygens (including phenoxy) is 1. The summed E-state index contributed by atoms with van der Waals surface area (Å²) in [6, 6.07) is 15.2. The molecule has 0 spiro atoms. The van der Waals surface area contributed by atoms with Gasteiger partial charge in [-0.25, -0.2) is 4.79 Å². The van der Waals surface area contributed by atoms with E-state index in [0.29, 0.717) is 11.3 Å². The molecule has 0 saturated carbocycles. The fraction of sp³-hybridized carbons (Fsp3) is 0.0714. The van der Waals surface area contributed by atoms with Crippen molar-refractivity contribution in [2.45, 2.75) is 9.79 Å². The Hall–Kier alpha value is -1.78. The van der Waals surface area contributed by atoms with Crippen molar-refractivity contribution < 1.29 is 9.53 Å². The van der Waals surface area contributed by atoms with E-state index in [0.717, 1.165) is 9.79 Å². The van der Waals surface area contributed by atoms with Crippen molar-refractivity contribution >= 4 is 17.1 Å². The fourth-order valence-electron chi connectivity index (χ4n) is 2.01. The molecule has 4 heteroatoms. The third-order valence-electron chi connectivity index (χ3n) is 2.80. The van der Waals surface area contributed by atoms with E-state index in [1.807, 2.05) is 49.5 Å². The van der Waals surface area contributed by atoms with Crippen LogP contribution < -0.4 is 9.46 Å². The van der Waals surface area contributed by atoms with Gasteiger partial charge in [0.15, 0.2) is 21.7 Å². The molecule has 1 unspecified atom stereocenters. The minimum atomic E-state index is -0.335. The maximum atomic E-state index is 12.1. The first-order valence-corrected chi connectivity index (χ1v) is 6.85. The normalized spacial score (nSPS) is 17.4. The standard InChI is InChI=1S/C14H12NO2S/c1-15-18-12-8-4-2-6-10(12)14(16)17-11-7-3-5-9-13(11)18/h2-9,15H,1H3/q+1. The van der Waals surface area contributed by atoms with E-state index < -0.39 is 0 Å². The molecule has 18 heavy (non-hydrogen) atoms. The third-order valence-corrected chi connectivity index (χ3v) is 4.78. The minimum absolute atomic E-state index is 0.289. The Morgan fingerprint density at radius 1 is 1.00 bits per heavy atom. The number of esters is 1. The van der Waals surface area contributed by atoms with Gasteiger partial charge in [0.1, 0.15) is 5.56 Å². The highest BCUT2D eigenvalue weighted by Gasteiger charge is 2.37. The highest BCUT2D eigenvalue weighted by molar-refractivity contribution is 7.95. The van der Waals surface area contributed by atoms with Crippen molar-refractivity contribution in [3.63, 3.8) is 0 Å². The molecule has 2 aromatic rings. The molecule has 1 heterocycles. The van der Waals surface area contributed by atoms with Gasteiger partial charge in [0.2, 0.25) is 4.90 Å². The summed E-state index contributed by atoms with van der Waals surface area (Å²) in [6.07, 6.45) is 0. The molecule has 0 amide bonds. The number of fused-ring (bicyclic) bond motifs is 2. The summed E-state index contributed by atoms with van der Waals surface area (Å²) in [7, 11) is 1.90. The van der Waals surface area contributed by atoms with Gasteiger partial charge in [-0.3, -0.25) is 0 Å². The summed E-state index contributed by atoms with van der Waals surface area (Å²) in [5, 5.41) is 0. The van der Waals surface area contributed by atoms with E-state index in [4.69, 9.17) is 4.74 Å². The van der Waals surface area contributed by atoms with Crippen molar-refractivity contribution in [3.8, 4) is 5.75 Å². The Morgan fingerprint density at radius 3 is 2.44 bits per heavy atom. The van der Waals surface area contributed by atoms with E-state index in [9.17, 15) is 4.79 Å². The first-order chi connectivity index (χ1) is 8.81. The number of nitrogens with one attached hydrogen (secondary N) is 1. The summed E-state index contributed by atoms with van der Waals surface area (Å²) >= 11 is -0.335. The van der Waals surface area contributed by atoms with Crippen LogP contribution >= 0.6 is 0 Å². The maximum Gasteiger partial charge on any atom is 0.348 e. The monoisotopic (exact) mass is 258 g/mol. The molecule has 1 aliphatic rings. The van der Waals surface area contributed by atoms with Crippen LogP contribution in [0.15, 0.2) is 58.3 Å². The van der Waals surface area contributed by atoms with Crippen LogP contribution in [0.4, 0.5) is 0 Å². The molecule has 3 rings (SSSR count). The van der Waals surface area contributed by atoms with Crippen molar-refractivity contribution in [2.24, 2.45) is 0 Å². The third kappa shape index (κ3) is 1.70. The average Bonchev–Trinajstić information content (AvgIpc) is 2.53. The van der Waals surface area contributed by atoms with Crippen molar-refractivity contribution in [1.29, 1.82) is 0 Å². The van der Waals surface area contributed by atoms with Crippen LogP contribution in [0.2, 0.25) is 0 Å². The van der Waals surface area contributed by atoms with Gasteiger partial charge in [0, 0.05) is 7.05 Å². The van der Waals surface area contributed by atoms with Crippen LogP contribution in [-0.2, 0) is 11.1 Å². The number of benzene rings is 2. The van der Waals surface area contributed by atoms with Crippen LogP contribution in [0.5, 0.6) is 5.75 Å². The van der Waals surface area contributed by atoms with Gasteiger partial charge < -0.3 is 4.74 Å². The molecule has 1 atom stereocenters. The summed E-state index contributed by atoms with van der Waals surface area (Å²) in [6.45, 7) is 0. The number of hydrogen-bond donors (Lipinski definition) is 1. The van der Waals surface area contributed by atoms with Crippen molar-refractivity contribution in [3.05, 3.63) is 54.1 Å². The molecule has 1 N–H and O–H groups in total. The molecule has 0 bridgehead atoms. The van der Waals surface area contributed by atoms with Gasteiger partial charge in [-0.1, -0.05) is 24.3 Å². The summed E-state index contributed by atoms with van der Waals surface area (Å²) in [5.41, 5.74) is 0.631. The average molecular weight is 258 g/mol. The Morgan fingerprint density at radius 2 is 1.67 bits per heavy atom. The number of rotatable bonds is 1. The van der Waals surface area contributed by atoms with E-state index in [-0.39, 0.29) is 17.1 Å².